The van der Waals surface area contributed by atoms with Crippen LogP contribution in [-0.2, 0) is 4.79 Å². The van der Waals surface area contributed by atoms with E-state index in [4.69, 9.17) is 16.1 Å². The van der Waals surface area contributed by atoms with Crippen molar-refractivity contribution in [2.45, 2.75) is 77.0 Å². The lowest BCUT2D eigenvalue weighted by atomic mass is 9.89. The number of hydrogen-bond acceptors (Lipinski definition) is 6. The minimum atomic E-state index is -0.535. The Bertz CT molecular complexity index is 1510. The number of nitrogens with zero attached hydrogens (tertiary/aromatic N) is 3. The molecule has 1 fully saturated rings. The number of carbonyl (C=O) groups excluding carboxylic acids is 1. The van der Waals surface area contributed by atoms with Gasteiger partial charge < -0.3 is 14.4 Å². The first-order chi connectivity index (χ1) is 17.6. The Balaban J connectivity index is 1.47. The molecule has 4 aromatic rings. The Hall–Kier alpha value is -3.23. The molecule has 1 aliphatic carbocycles. The lowest BCUT2D eigenvalue weighted by molar-refractivity contribution is -0.124. The van der Waals surface area contributed by atoms with E-state index < -0.39 is 6.04 Å². The zero-order valence-corrected chi connectivity index (χ0v) is 22.3. The molecule has 0 aliphatic heterocycles. The Morgan fingerprint density at radius 1 is 1.19 bits per heavy atom. The third-order valence-electron chi connectivity index (χ3n) is 7.00. The molecule has 0 spiro atoms. The summed E-state index contributed by atoms with van der Waals surface area (Å²) in [5.41, 5.74) is 1.63. The quantitative estimate of drug-likeness (QED) is 0.373. The first kappa shape index (κ1) is 25.4. The SMILES string of the molecule is Cc1onc2c1c(=O)n(C1CCCC(NC(=O)C(NC(C)(C)C)c3cccnc3)C1)c1cccc(Cl)c21. The largest absolute Gasteiger partial charge is 0.360 e. The van der Waals surface area contributed by atoms with Gasteiger partial charge in [-0.1, -0.05) is 28.9 Å². The second-order valence-electron chi connectivity index (χ2n) is 10.9. The van der Waals surface area contributed by atoms with Crippen LogP contribution >= 0.6 is 11.6 Å². The molecule has 0 saturated heterocycles. The molecular weight excluding hydrogens is 490 g/mol. The van der Waals surface area contributed by atoms with Crippen molar-refractivity contribution in [1.82, 2.24) is 25.3 Å². The van der Waals surface area contributed by atoms with E-state index in [0.717, 1.165) is 30.3 Å². The van der Waals surface area contributed by atoms with Gasteiger partial charge in [0.15, 0.2) is 0 Å². The fraction of sp³-hybridized carbons (Fsp3) is 0.429. The average molecular weight is 522 g/mol. The first-order valence-electron chi connectivity index (χ1n) is 12.7. The highest BCUT2D eigenvalue weighted by Gasteiger charge is 2.32. The van der Waals surface area contributed by atoms with Crippen LogP contribution < -0.4 is 16.2 Å². The highest BCUT2D eigenvalue weighted by atomic mass is 35.5. The zero-order chi connectivity index (χ0) is 26.3. The molecule has 3 unspecified atom stereocenters. The van der Waals surface area contributed by atoms with Crippen molar-refractivity contribution in [2.75, 3.05) is 0 Å². The Kier molecular flexibility index (Phi) is 6.81. The van der Waals surface area contributed by atoms with Gasteiger partial charge in [-0.25, -0.2) is 0 Å². The number of hydrogen-bond donors (Lipinski definition) is 2. The summed E-state index contributed by atoms with van der Waals surface area (Å²) in [6, 6.07) is 8.58. The van der Waals surface area contributed by atoms with Gasteiger partial charge in [-0.15, -0.1) is 0 Å². The van der Waals surface area contributed by atoms with Crippen molar-refractivity contribution in [3.63, 3.8) is 0 Å². The number of amides is 1. The second kappa shape index (κ2) is 9.91. The Morgan fingerprint density at radius 3 is 2.73 bits per heavy atom. The minimum absolute atomic E-state index is 0.0763. The monoisotopic (exact) mass is 521 g/mol. The van der Waals surface area contributed by atoms with Crippen molar-refractivity contribution in [2.24, 2.45) is 0 Å². The van der Waals surface area contributed by atoms with Crippen molar-refractivity contribution in [3.8, 4) is 0 Å². The first-order valence-corrected chi connectivity index (χ1v) is 13.1. The number of pyridine rings is 2. The number of fused-ring (bicyclic) bond motifs is 3. The van der Waals surface area contributed by atoms with E-state index in [-0.39, 0.29) is 29.1 Å². The molecule has 2 N–H and O–H groups in total. The van der Waals surface area contributed by atoms with Gasteiger partial charge in [0, 0.05) is 35.4 Å². The number of aromatic nitrogens is 3. The van der Waals surface area contributed by atoms with Gasteiger partial charge in [0.2, 0.25) is 5.91 Å². The predicted molar refractivity (Wildman–Crippen MR) is 145 cm³/mol. The van der Waals surface area contributed by atoms with Crippen LogP contribution in [0.25, 0.3) is 21.8 Å². The van der Waals surface area contributed by atoms with Gasteiger partial charge in [-0.05, 0) is 77.1 Å². The Labute approximate surface area is 220 Å². The van der Waals surface area contributed by atoms with Crippen LogP contribution in [0.5, 0.6) is 0 Å². The zero-order valence-electron chi connectivity index (χ0n) is 21.5. The van der Waals surface area contributed by atoms with Gasteiger partial charge in [0.05, 0.1) is 10.5 Å². The molecule has 1 saturated carbocycles. The molecule has 37 heavy (non-hydrogen) atoms. The maximum atomic E-state index is 13.7. The number of rotatable bonds is 5. The molecular formula is C28H32ClN5O3. The van der Waals surface area contributed by atoms with Crippen LogP contribution in [0.3, 0.4) is 0 Å². The number of halogens is 1. The smallest absolute Gasteiger partial charge is 0.264 e. The van der Waals surface area contributed by atoms with Gasteiger partial charge in [0.25, 0.3) is 5.56 Å². The van der Waals surface area contributed by atoms with Crippen LogP contribution in [-0.4, -0.2) is 32.2 Å². The molecule has 1 aliphatic rings. The molecule has 1 aromatic carbocycles. The third-order valence-corrected chi connectivity index (χ3v) is 7.31. The van der Waals surface area contributed by atoms with Crippen LogP contribution in [0.1, 0.15) is 69.9 Å². The molecule has 3 heterocycles. The summed E-state index contributed by atoms with van der Waals surface area (Å²) >= 11 is 6.59. The standard InChI is InChI=1S/C28H32ClN5O3/c1-16-22-25(33-37-16)23-20(29)11-6-12-21(23)34(27(22)36)19-10-5-9-18(14-19)31-26(35)24(32-28(2,3)4)17-8-7-13-30-15-17/h6-8,11-13,15,18-19,24,32H,5,9-10,14H2,1-4H3,(H,31,35). The van der Waals surface area contributed by atoms with Crippen LogP contribution in [0.15, 0.2) is 52.0 Å². The number of benzene rings is 1. The van der Waals surface area contributed by atoms with E-state index in [2.05, 4.69) is 20.8 Å². The number of carbonyl (C=O) groups is 1. The van der Waals surface area contributed by atoms with E-state index in [1.165, 1.54) is 0 Å². The lowest BCUT2D eigenvalue weighted by Gasteiger charge is -2.34. The second-order valence-corrected chi connectivity index (χ2v) is 11.3. The maximum absolute atomic E-state index is 13.7. The highest BCUT2D eigenvalue weighted by molar-refractivity contribution is 6.37. The van der Waals surface area contributed by atoms with Crippen LogP contribution in [0.2, 0.25) is 5.02 Å². The molecule has 194 valence electrons. The summed E-state index contributed by atoms with van der Waals surface area (Å²) in [4.78, 5) is 31.5. The van der Waals surface area contributed by atoms with Crippen molar-refractivity contribution < 1.29 is 9.32 Å². The van der Waals surface area contributed by atoms with Crippen LogP contribution in [0, 0.1) is 6.92 Å². The van der Waals surface area contributed by atoms with E-state index >= 15 is 0 Å². The summed E-state index contributed by atoms with van der Waals surface area (Å²) < 4.78 is 7.22. The third kappa shape index (κ3) is 5.00. The maximum Gasteiger partial charge on any atom is 0.264 e. The fourth-order valence-corrected chi connectivity index (χ4v) is 5.69. The summed E-state index contributed by atoms with van der Waals surface area (Å²) in [6.07, 6.45) is 6.62. The summed E-state index contributed by atoms with van der Waals surface area (Å²) in [5, 5.41) is 12.5. The van der Waals surface area contributed by atoms with Gasteiger partial charge >= 0.3 is 0 Å². The van der Waals surface area contributed by atoms with Crippen molar-refractivity contribution >= 4 is 39.3 Å². The average Bonchev–Trinajstić information content (AvgIpc) is 3.24. The molecule has 3 atom stereocenters. The van der Waals surface area contributed by atoms with Crippen molar-refractivity contribution in [3.05, 3.63) is 69.4 Å². The van der Waals surface area contributed by atoms with Gasteiger partial charge in [-0.2, -0.15) is 0 Å². The summed E-state index contributed by atoms with van der Waals surface area (Å²) in [7, 11) is 0. The molecule has 8 nitrogen and oxygen atoms in total. The van der Waals surface area contributed by atoms with E-state index in [0.29, 0.717) is 33.5 Å². The topological polar surface area (TPSA) is 102 Å². The molecule has 0 radical (unpaired) electrons. The predicted octanol–water partition coefficient (Wildman–Crippen LogP) is 5.23. The van der Waals surface area contributed by atoms with E-state index in [1.54, 1.807) is 25.4 Å². The normalized spacial score (nSPS) is 19.3. The molecule has 1 amide bonds. The Morgan fingerprint density at radius 2 is 2.00 bits per heavy atom. The van der Waals surface area contributed by atoms with Gasteiger partial charge in [0.1, 0.15) is 22.7 Å². The molecule has 3 aromatic heterocycles. The molecule has 0 bridgehead atoms. The molecule has 9 heteroatoms. The van der Waals surface area contributed by atoms with Crippen LogP contribution in [0.4, 0.5) is 0 Å². The fourth-order valence-electron chi connectivity index (χ4n) is 5.43. The minimum Gasteiger partial charge on any atom is -0.360 e. The summed E-state index contributed by atoms with van der Waals surface area (Å²) in [6.45, 7) is 7.85. The summed E-state index contributed by atoms with van der Waals surface area (Å²) in [5.74, 6) is 0.378. The van der Waals surface area contributed by atoms with Crippen molar-refractivity contribution in [1.29, 1.82) is 0 Å². The lowest BCUT2D eigenvalue weighted by Crippen LogP contribution is -2.49. The van der Waals surface area contributed by atoms with Gasteiger partial charge in [-0.3, -0.25) is 19.9 Å². The molecule has 5 rings (SSSR count). The highest BCUT2D eigenvalue weighted by Crippen LogP contribution is 2.35. The number of nitrogens with one attached hydrogen (secondary N) is 2. The number of aryl methyl sites for hydroxylation is 1. The van der Waals surface area contributed by atoms with E-state index in [1.807, 2.05) is 49.6 Å². The van der Waals surface area contributed by atoms with E-state index in [9.17, 15) is 9.59 Å².